The van der Waals surface area contributed by atoms with Gasteiger partial charge >= 0.3 is 0 Å². The van der Waals surface area contributed by atoms with Gasteiger partial charge < -0.3 is 5.32 Å². The Labute approximate surface area is 84.3 Å². The van der Waals surface area contributed by atoms with E-state index in [-0.39, 0.29) is 5.82 Å². The van der Waals surface area contributed by atoms with E-state index in [0.717, 1.165) is 18.2 Å². The summed E-state index contributed by atoms with van der Waals surface area (Å²) in [6.45, 7) is 2.77. The zero-order chi connectivity index (χ0) is 9.97. The van der Waals surface area contributed by atoms with Crippen molar-refractivity contribution in [1.29, 1.82) is 0 Å². The van der Waals surface area contributed by atoms with Gasteiger partial charge in [-0.1, -0.05) is 12.5 Å². The second-order valence-corrected chi connectivity index (χ2v) is 4.14. The molecule has 14 heavy (non-hydrogen) atoms. The highest BCUT2D eigenvalue weighted by atomic mass is 19.1. The van der Waals surface area contributed by atoms with E-state index in [1.54, 1.807) is 13.0 Å². The maximum absolute atomic E-state index is 13.2. The molecule has 0 radical (unpaired) electrons. The van der Waals surface area contributed by atoms with Gasteiger partial charge in [-0.15, -0.1) is 0 Å². The molecule has 0 aromatic heterocycles. The summed E-state index contributed by atoms with van der Waals surface area (Å²) in [5.74, 6) is 0.683. The Kier molecular flexibility index (Phi) is 2.71. The summed E-state index contributed by atoms with van der Waals surface area (Å²) in [7, 11) is 0. The van der Waals surface area contributed by atoms with Crippen LogP contribution in [-0.2, 0) is 0 Å². The summed E-state index contributed by atoms with van der Waals surface area (Å²) in [6.07, 6.45) is 4.00. The first-order valence-electron chi connectivity index (χ1n) is 5.26. The quantitative estimate of drug-likeness (QED) is 0.776. The van der Waals surface area contributed by atoms with Crippen LogP contribution in [0.1, 0.15) is 24.8 Å². The highest BCUT2D eigenvalue weighted by Crippen LogP contribution is 2.26. The van der Waals surface area contributed by atoms with Gasteiger partial charge in [0.15, 0.2) is 0 Å². The molecule has 0 saturated heterocycles. The van der Waals surface area contributed by atoms with E-state index in [4.69, 9.17) is 0 Å². The van der Waals surface area contributed by atoms with Crippen LogP contribution in [0.15, 0.2) is 18.2 Å². The van der Waals surface area contributed by atoms with Crippen LogP contribution in [0.4, 0.5) is 10.1 Å². The molecule has 0 heterocycles. The summed E-state index contributed by atoms with van der Waals surface area (Å²) in [5.41, 5.74) is 1.61. The molecule has 1 saturated carbocycles. The first kappa shape index (κ1) is 9.50. The van der Waals surface area contributed by atoms with Crippen molar-refractivity contribution in [3.63, 3.8) is 0 Å². The Morgan fingerprint density at radius 1 is 1.43 bits per heavy atom. The zero-order valence-electron chi connectivity index (χ0n) is 8.52. The molecule has 0 bridgehead atoms. The Bertz CT molecular complexity index is 318. The Morgan fingerprint density at radius 3 is 2.79 bits per heavy atom. The van der Waals surface area contributed by atoms with E-state index in [1.807, 2.05) is 12.1 Å². The average Bonchev–Trinajstić information content (AvgIpc) is 2.08. The first-order valence-corrected chi connectivity index (χ1v) is 5.26. The second-order valence-electron chi connectivity index (χ2n) is 4.14. The number of halogens is 1. The fraction of sp³-hybridized carbons (Fsp3) is 0.500. The van der Waals surface area contributed by atoms with E-state index in [9.17, 15) is 4.39 Å². The third-order valence-corrected chi connectivity index (χ3v) is 2.99. The van der Waals surface area contributed by atoms with Crippen LogP contribution in [0.2, 0.25) is 0 Å². The molecule has 0 unspecified atom stereocenters. The van der Waals surface area contributed by atoms with Crippen LogP contribution in [0.5, 0.6) is 0 Å². The van der Waals surface area contributed by atoms with Gasteiger partial charge in [0.1, 0.15) is 5.82 Å². The minimum Gasteiger partial charge on any atom is -0.385 e. The van der Waals surface area contributed by atoms with E-state index < -0.39 is 0 Å². The van der Waals surface area contributed by atoms with E-state index in [1.165, 1.54) is 19.3 Å². The molecule has 1 aromatic rings. The number of anilines is 1. The molecular weight excluding hydrogens is 177 g/mol. The minimum atomic E-state index is -0.122. The highest BCUT2D eigenvalue weighted by molar-refractivity contribution is 5.45. The van der Waals surface area contributed by atoms with E-state index >= 15 is 0 Å². The van der Waals surface area contributed by atoms with Gasteiger partial charge in [0.05, 0.1) is 0 Å². The van der Waals surface area contributed by atoms with Gasteiger partial charge in [0.25, 0.3) is 0 Å². The summed E-state index contributed by atoms with van der Waals surface area (Å²) >= 11 is 0. The lowest BCUT2D eigenvalue weighted by Crippen LogP contribution is -2.20. The molecule has 1 N–H and O–H groups in total. The fourth-order valence-corrected chi connectivity index (χ4v) is 1.66. The lowest BCUT2D eigenvalue weighted by Gasteiger charge is -2.25. The van der Waals surface area contributed by atoms with Crippen LogP contribution < -0.4 is 5.32 Å². The van der Waals surface area contributed by atoms with Crippen molar-refractivity contribution in [2.45, 2.75) is 26.2 Å². The molecule has 0 atom stereocenters. The number of hydrogen-bond donors (Lipinski definition) is 1. The maximum atomic E-state index is 13.2. The maximum Gasteiger partial charge on any atom is 0.128 e. The van der Waals surface area contributed by atoms with Crippen molar-refractivity contribution in [3.05, 3.63) is 29.6 Å². The summed E-state index contributed by atoms with van der Waals surface area (Å²) in [4.78, 5) is 0. The Hall–Kier alpha value is -1.05. The number of nitrogens with one attached hydrogen (secondary N) is 1. The Morgan fingerprint density at radius 2 is 2.21 bits per heavy atom. The Balaban J connectivity index is 1.91. The molecule has 0 amide bonds. The van der Waals surface area contributed by atoms with Gasteiger partial charge in [-0.05, 0) is 43.4 Å². The molecule has 1 aliphatic carbocycles. The van der Waals surface area contributed by atoms with Crippen LogP contribution in [0.3, 0.4) is 0 Å². The number of aryl methyl sites for hydroxylation is 1. The molecule has 1 fully saturated rings. The van der Waals surface area contributed by atoms with Crippen LogP contribution in [0, 0.1) is 18.7 Å². The third-order valence-electron chi connectivity index (χ3n) is 2.99. The predicted octanol–water partition coefficient (Wildman–Crippen LogP) is 3.35. The van der Waals surface area contributed by atoms with Crippen molar-refractivity contribution in [3.8, 4) is 0 Å². The fourth-order valence-electron chi connectivity index (χ4n) is 1.66. The summed E-state index contributed by atoms with van der Waals surface area (Å²) < 4.78 is 13.2. The van der Waals surface area contributed by atoms with E-state index in [2.05, 4.69) is 5.32 Å². The molecular formula is C12H16FN. The SMILES string of the molecule is Cc1ccc(NCC2CCC2)cc1F. The molecule has 2 rings (SSSR count). The molecule has 1 aliphatic rings. The van der Waals surface area contributed by atoms with Crippen LogP contribution in [0.25, 0.3) is 0 Å². The zero-order valence-corrected chi connectivity index (χ0v) is 8.52. The molecule has 0 aliphatic heterocycles. The normalized spacial score (nSPS) is 16.4. The van der Waals surface area contributed by atoms with E-state index in [0.29, 0.717) is 5.56 Å². The van der Waals surface area contributed by atoms with Gasteiger partial charge in [0.2, 0.25) is 0 Å². The van der Waals surface area contributed by atoms with Crippen LogP contribution >= 0.6 is 0 Å². The highest BCUT2D eigenvalue weighted by Gasteiger charge is 2.16. The van der Waals surface area contributed by atoms with Gasteiger partial charge in [-0.3, -0.25) is 0 Å². The summed E-state index contributed by atoms with van der Waals surface area (Å²) in [5, 5.41) is 3.27. The van der Waals surface area contributed by atoms with Gasteiger partial charge in [-0.25, -0.2) is 4.39 Å². The largest absolute Gasteiger partial charge is 0.385 e. The number of rotatable bonds is 3. The first-order chi connectivity index (χ1) is 6.75. The molecule has 76 valence electrons. The topological polar surface area (TPSA) is 12.0 Å². The van der Waals surface area contributed by atoms with Crippen molar-refractivity contribution in [2.75, 3.05) is 11.9 Å². The van der Waals surface area contributed by atoms with Crippen molar-refractivity contribution >= 4 is 5.69 Å². The van der Waals surface area contributed by atoms with Crippen LogP contribution in [-0.4, -0.2) is 6.54 Å². The van der Waals surface area contributed by atoms with Gasteiger partial charge in [0, 0.05) is 12.2 Å². The minimum absolute atomic E-state index is 0.122. The van der Waals surface area contributed by atoms with Crippen molar-refractivity contribution in [1.82, 2.24) is 0 Å². The third kappa shape index (κ3) is 2.06. The van der Waals surface area contributed by atoms with Crippen molar-refractivity contribution < 1.29 is 4.39 Å². The molecule has 2 heteroatoms. The van der Waals surface area contributed by atoms with Crippen molar-refractivity contribution in [2.24, 2.45) is 5.92 Å². The average molecular weight is 193 g/mol. The molecule has 1 aromatic carbocycles. The number of benzene rings is 1. The smallest absolute Gasteiger partial charge is 0.128 e. The number of hydrogen-bond acceptors (Lipinski definition) is 1. The lowest BCUT2D eigenvalue weighted by atomic mass is 9.85. The predicted molar refractivity (Wildman–Crippen MR) is 57.0 cm³/mol. The summed E-state index contributed by atoms with van der Waals surface area (Å²) in [6, 6.07) is 5.34. The standard InChI is InChI=1S/C12H16FN/c1-9-5-6-11(7-12(9)13)14-8-10-3-2-4-10/h5-7,10,14H,2-4,8H2,1H3. The molecule has 0 spiro atoms. The molecule has 1 nitrogen and oxygen atoms in total. The lowest BCUT2D eigenvalue weighted by molar-refractivity contribution is 0.333. The second kappa shape index (κ2) is 3.99. The monoisotopic (exact) mass is 193 g/mol. The van der Waals surface area contributed by atoms with Gasteiger partial charge in [-0.2, -0.15) is 0 Å².